The van der Waals surface area contributed by atoms with Crippen molar-refractivity contribution in [3.63, 3.8) is 0 Å². The van der Waals surface area contributed by atoms with Crippen molar-refractivity contribution in [1.29, 1.82) is 0 Å². The van der Waals surface area contributed by atoms with Crippen molar-refractivity contribution in [3.05, 3.63) is 0 Å². The molecule has 0 rings (SSSR count). The highest BCUT2D eigenvalue weighted by Gasteiger charge is 1.56. The van der Waals surface area contributed by atoms with Crippen molar-refractivity contribution in [1.82, 2.24) is 0 Å². The minimum Gasteiger partial charge on any atom is -0.320 e. The van der Waals surface area contributed by atoms with Crippen LogP contribution in [0.15, 0.2) is 0 Å². The summed E-state index contributed by atoms with van der Waals surface area (Å²) in [5.41, 5.74) is 0. The fourth-order valence-electron chi connectivity index (χ4n) is 0. The topological polar surface area (TPSA) is 92.5 Å². The molecule has 0 saturated heterocycles. The van der Waals surface area contributed by atoms with Gasteiger partial charge in [-0.2, -0.15) is 0 Å². The SMILES string of the molecule is CCCC.NO.NO. The Morgan fingerprint density at radius 2 is 1.00 bits per heavy atom. The molecule has 0 aromatic heterocycles. The molecular formula is C4H16N2O2. The summed E-state index contributed by atoms with van der Waals surface area (Å²) in [6.45, 7) is 4.36. The Morgan fingerprint density at radius 3 is 1.00 bits per heavy atom. The maximum absolute atomic E-state index is 6.50. The molecule has 0 aliphatic carbocycles. The van der Waals surface area contributed by atoms with E-state index in [-0.39, 0.29) is 0 Å². The number of nitrogens with two attached hydrogens (primary N) is 2. The van der Waals surface area contributed by atoms with Gasteiger partial charge in [0.15, 0.2) is 0 Å². The summed E-state index contributed by atoms with van der Waals surface area (Å²) in [6, 6.07) is 0. The quantitative estimate of drug-likeness (QED) is 0.382. The minimum absolute atomic E-state index is 1.32. The number of unbranched alkanes of at least 4 members (excludes halogenated alkanes) is 1. The smallest absolute Gasteiger partial charge is 0.0564 e. The van der Waals surface area contributed by atoms with Crippen LogP contribution in [0.2, 0.25) is 0 Å². The zero-order chi connectivity index (χ0) is 7.41. The summed E-state index contributed by atoms with van der Waals surface area (Å²) in [5, 5.41) is 13.0. The van der Waals surface area contributed by atoms with Gasteiger partial charge in [-0.3, -0.25) is 0 Å². The van der Waals surface area contributed by atoms with E-state index < -0.39 is 0 Å². The molecule has 8 heavy (non-hydrogen) atoms. The maximum atomic E-state index is 6.50. The van der Waals surface area contributed by atoms with Crippen LogP contribution < -0.4 is 11.8 Å². The highest BCUT2D eigenvalue weighted by molar-refractivity contribution is 4.12. The van der Waals surface area contributed by atoms with Crippen molar-refractivity contribution in [2.45, 2.75) is 26.7 Å². The van der Waals surface area contributed by atoms with Crippen molar-refractivity contribution in [2.75, 3.05) is 0 Å². The number of hydrogen-bond donors (Lipinski definition) is 4. The predicted molar refractivity (Wildman–Crippen MR) is 32.5 cm³/mol. The molecule has 0 aliphatic rings. The lowest BCUT2D eigenvalue weighted by atomic mass is 10.4. The second-order valence-electron chi connectivity index (χ2n) is 1.000. The lowest BCUT2D eigenvalue weighted by Gasteiger charge is -1.68. The Labute approximate surface area is 50.0 Å². The molecule has 0 bridgehead atoms. The van der Waals surface area contributed by atoms with Crippen LogP contribution in [0, 0.1) is 0 Å². The van der Waals surface area contributed by atoms with Crippen molar-refractivity contribution in [3.8, 4) is 0 Å². The van der Waals surface area contributed by atoms with E-state index >= 15 is 0 Å². The molecule has 6 N–H and O–H groups in total. The molecule has 0 spiro atoms. The first-order valence-electron chi connectivity index (χ1n) is 2.43. The summed E-state index contributed by atoms with van der Waals surface area (Å²) in [4.78, 5) is 0. The van der Waals surface area contributed by atoms with Crippen molar-refractivity contribution >= 4 is 0 Å². The van der Waals surface area contributed by atoms with Gasteiger partial charge in [-0.1, -0.05) is 26.7 Å². The first-order valence-corrected chi connectivity index (χ1v) is 2.43. The molecule has 0 fully saturated rings. The third-order valence-corrected chi connectivity index (χ3v) is 0.500. The summed E-state index contributed by atoms with van der Waals surface area (Å²) >= 11 is 0. The van der Waals surface area contributed by atoms with Gasteiger partial charge >= 0.3 is 0 Å². The van der Waals surface area contributed by atoms with Gasteiger partial charge in [0, 0.05) is 0 Å². The monoisotopic (exact) mass is 124 g/mol. The predicted octanol–water partition coefficient (Wildman–Crippen LogP) is 0.475. The van der Waals surface area contributed by atoms with Gasteiger partial charge in [-0.25, -0.2) is 11.8 Å². The molecule has 54 valence electrons. The van der Waals surface area contributed by atoms with Gasteiger partial charge in [-0.15, -0.1) is 0 Å². The van der Waals surface area contributed by atoms with E-state index in [0.29, 0.717) is 0 Å². The second kappa shape index (κ2) is 68.9. The molecule has 0 aromatic carbocycles. The molecule has 0 unspecified atom stereocenters. The van der Waals surface area contributed by atoms with E-state index in [1.807, 2.05) is 0 Å². The third-order valence-electron chi connectivity index (χ3n) is 0.500. The van der Waals surface area contributed by atoms with Gasteiger partial charge in [0.05, 0.1) is 0 Å². The van der Waals surface area contributed by atoms with Crippen LogP contribution in [-0.2, 0) is 0 Å². The Kier molecular flexibility index (Phi) is 135. The summed E-state index contributed by atoms with van der Waals surface area (Å²) in [5.74, 6) is 7.00. The highest BCUT2D eigenvalue weighted by atomic mass is 16.4. The Bertz CT molecular complexity index is 14.0. The van der Waals surface area contributed by atoms with Gasteiger partial charge in [0.25, 0.3) is 0 Å². The highest BCUT2D eigenvalue weighted by Crippen LogP contribution is 1.76. The van der Waals surface area contributed by atoms with Crippen LogP contribution in [0.25, 0.3) is 0 Å². The fraction of sp³-hybridized carbons (Fsp3) is 1.00. The van der Waals surface area contributed by atoms with Crippen molar-refractivity contribution in [2.24, 2.45) is 11.8 Å². The third kappa shape index (κ3) is 194. The first-order chi connectivity index (χ1) is 3.91. The number of rotatable bonds is 1. The first kappa shape index (κ1) is 15.7. The summed E-state index contributed by atoms with van der Waals surface area (Å²) in [7, 11) is 0. The average molecular weight is 124 g/mol. The molecule has 4 nitrogen and oxygen atoms in total. The zero-order valence-corrected chi connectivity index (χ0v) is 5.46. The average Bonchev–Trinajstić information content (AvgIpc) is 1.96. The van der Waals surface area contributed by atoms with Crippen LogP contribution in [0.3, 0.4) is 0 Å². The Hall–Kier alpha value is -0.160. The van der Waals surface area contributed by atoms with Gasteiger partial charge in [0.1, 0.15) is 0 Å². The van der Waals surface area contributed by atoms with Gasteiger partial charge in [0.2, 0.25) is 0 Å². The fourth-order valence-corrected chi connectivity index (χ4v) is 0. The minimum atomic E-state index is 1.32. The van der Waals surface area contributed by atoms with Crippen LogP contribution in [0.4, 0.5) is 0 Å². The van der Waals surface area contributed by atoms with E-state index in [1.165, 1.54) is 12.8 Å². The van der Waals surface area contributed by atoms with Crippen molar-refractivity contribution < 1.29 is 10.4 Å². The number of hydrogen-bond acceptors (Lipinski definition) is 4. The summed E-state index contributed by atoms with van der Waals surface area (Å²) in [6.07, 6.45) is 2.64. The molecule has 0 saturated carbocycles. The zero-order valence-electron chi connectivity index (χ0n) is 5.46. The molecule has 4 heteroatoms. The van der Waals surface area contributed by atoms with Gasteiger partial charge < -0.3 is 10.4 Å². The van der Waals surface area contributed by atoms with Crippen LogP contribution >= 0.6 is 0 Å². The standard InChI is InChI=1S/C4H10.2H3NO/c1-3-4-2;2*1-2/h3-4H2,1-2H3;2*2H,1H2. The largest absolute Gasteiger partial charge is 0.320 e. The van der Waals surface area contributed by atoms with E-state index in [0.717, 1.165) is 0 Å². The molecular weight excluding hydrogens is 108 g/mol. The maximum Gasteiger partial charge on any atom is -0.0564 e. The van der Waals surface area contributed by atoms with E-state index in [1.54, 1.807) is 0 Å². The lowest BCUT2D eigenvalue weighted by Crippen LogP contribution is -1.72. The van der Waals surface area contributed by atoms with E-state index in [9.17, 15) is 0 Å². The second-order valence-corrected chi connectivity index (χ2v) is 1.000. The lowest BCUT2D eigenvalue weighted by molar-refractivity contribution is 0.311. The van der Waals surface area contributed by atoms with E-state index in [2.05, 4.69) is 25.6 Å². The Balaban J connectivity index is -0.0000000542. The van der Waals surface area contributed by atoms with Gasteiger partial charge in [-0.05, 0) is 0 Å². The molecule has 0 aromatic rings. The van der Waals surface area contributed by atoms with Crippen LogP contribution in [-0.4, -0.2) is 10.4 Å². The summed E-state index contributed by atoms with van der Waals surface area (Å²) < 4.78 is 0. The van der Waals surface area contributed by atoms with Crippen LogP contribution in [0.1, 0.15) is 26.7 Å². The molecule has 0 atom stereocenters. The molecule has 0 radical (unpaired) electrons. The normalized spacial score (nSPS) is 5.25. The molecule has 0 heterocycles. The van der Waals surface area contributed by atoms with Crippen LogP contribution in [0.5, 0.6) is 0 Å². The molecule has 0 amide bonds. The molecule has 0 aliphatic heterocycles. The Morgan fingerprint density at radius 1 is 0.875 bits per heavy atom. The van der Waals surface area contributed by atoms with E-state index in [4.69, 9.17) is 10.4 Å².